The molecule has 0 saturated carbocycles. The van der Waals surface area contributed by atoms with Gasteiger partial charge in [0, 0.05) is 12.5 Å². The van der Waals surface area contributed by atoms with Crippen LogP contribution < -0.4 is 9.64 Å². The molecule has 5 heteroatoms. The third kappa shape index (κ3) is 3.18. The van der Waals surface area contributed by atoms with Crippen LogP contribution in [0.3, 0.4) is 0 Å². The zero-order valence-electron chi connectivity index (χ0n) is 16.6. The molecule has 2 aromatic rings. The third-order valence-electron chi connectivity index (χ3n) is 5.94. The highest BCUT2D eigenvalue weighted by Gasteiger charge is 2.55. The predicted octanol–water partition coefficient (Wildman–Crippen LogP) is 4.05. The van der Waals surface area contributed by atoms with Crippen LogP contribution in [0.4, 0.5) is 10.1 Å². The first-order chi connectivity index (χ1) is 13.6. The SMILES string of the molecule is CCc1ccc(N2C3=[N+](CCCCC3)C[C@@]2(O)c2ccc(OC)cc2F)cc1. The van der Waals surface area contributed by atoms with E-state index in [4.69, 9.17) is 4.74 Å². The summed E-state index contributed by atoms with van der Waals surface area (Å²) in [6, 6.07) is 12.9. The summed E-state index contributed by atoms with van der Waals surface area (Å²) in [6.45, 7) is 3.37. The third-order valence-corrected chi connectivity index (χ3v) is 5.94. The molecule has 2 aliphatic heterocycles. The molecular weight excluding hydrogens is 355 g/mol. The van der Waals surface area contributed by atoms with Crippen LogP contribution >= 0.6 is 0 Å². The fourth-order valence-corrected chi connectivity index (χ4v) is 4.42. The molecule has 28 heavy (non-hydrogen) atoms. The van der Waals surface area contributed by atoms with E-state index < -0.39 is 11.5 Å². The van der Waals surface area contributed by atoms with Gasteiger partial charge in [-0.1, -0.05) is 19.1 Å². The van der Waals surface area contributed by atoms with Crippen molar-refractivity contribution in [1.82, 2.24) is 0 Å². The zero-order chi connectivity index (χ0) is 19.7. The number of aliphatic hydroxyl groups is 1. The Morgan fingerprint density at radius 1 is 1.14 bits per heavy atom. The van der Waals surface area contributed by atoms with Crippen LogP contribution in [0.25, 0.3) is 0 Å². The summed E-state index contributed by atoms with van der Waals surface area (Å²) < 4.78 is 22.4. The molecule has 2 aliphatic rings. The molecule has 0 spiro atoms. The van der Waals surface area contributed by atoms with E-state index >= 15 is 4.39 Å². The van der Waals surface area contributed by atoms with E-state index in [1.807, 2.05) is 17.0 Å². The Morgan fingerprint density at radius 2 is 1.93 bits per heavy atom. The average molecular weight is 383 g/mol. The van der Waals surface area contributed by atoms with Crippen molar-refractivity contribution in [3.63, 3.8) is 0 Å². The van der Waals surface area contributed by atoms with Crippen LogP contribution in [0.1, 0.15) is 43.7 Å². The van der Waals surface area contributed by atoms with E-state index in [1.165, 1.54) is 25.2 Å². The molecule has 4 nitrogen and oxygen atoms in total. The van der Waals surface area contributed by atoms with Crippen LogP contribution in [0.5, 0.6) is 5.75 Å². The Labute approximate surface area is 165 Å². The lowest BCUT2D eigenvalue weighted by molar-refractivity contribution is -0.534. The summed E-state index contributed by atoms with van der Waals surface area (Å²) in [5, 5.41) is 11.9. The van der Waals surface area contributed by atoms with E-state index in [0.717, 1.165) is 43.8 Å². The normalized spacial score (nSPS) is 22.2. The van der Waals surface area contributed by atoms with Crippen molar-refractivity contribution >= 4 is 11.5 Å². The summed E-state index contributed by atoms with van der Waals surface area (Å²) >= 11 is 0. The minimum Gasteiger partial charge on any atom is -0.497 e. The molecule has 2 aromatic carbocycles. The van der Waals surface area contributed by atoms with Gasteiger partial charge in [0.05, 0.1) is 19.2 Å². The van der Waals surface area contributed by atoms with Gasteiger partial charge < -0.3 is 9.84 Å². The molecule has 0 unspecified atom stereocenters. The molecular formula is C23H28FN2O2+. The first-order valence-electron chi connectivity index (χ1n) is 10.1. The van der Waals surface area contributed by atoms with Gasteiger partial charge in [-0.3, -0.25) is 4.58 Å². The highest BCUT2D eigenvalue weighted by molar-refractivity contribution is 5.97. The standard InChI is InChI=1S/C23H28FN2O2/c1-3-17-8-10-18(11-9-17)26-22-7-5-4-6-14-25(22)16-23(26,27)20-13-12-19(28-2)15-21(20)24/h8-13,15,27H,3-7,14,16H2,1-2H3/q+1/t23-/m1/s1. The smallest absolute Gasteiger partial charge is 0.278 e. The first-order valence-corrected chi connectivity index (χ1v) is 10.1. The largest absolute Gasteiger partial charge is 0.497 e. The second-order valence-corrected chi connectivity index (χ2v) is 7.67. The Morgan fingerprint density at radius 3 is 2.61 bits per heavy atom. The van der Waals surface area contributed by atoms with E-state index in [0.29, 0.717) is 12.3 Å². The number of halogens is 1. The number of hydrogen-bond acceptors (Lipinski definition) is 3. The lowest BCUT2D eigenvalue weighted by atomic mass is 9.98. The highest BCUT2D eigenvalue weighted by atomic mass is 19.1. The summed E-state index contributed by atoms with van der Waals surface area (Å²) in [5.74, 6) is 1.08. The number of benzene rings is 2. The van der Waals surface area contributed by atoms with Gasteiger partial charge in [0.25, 0.3) is 11.6 Å². The number of ether oxygens (including phenoxy) is 1. The van der Waals surface area contributed by atoms with Crippen molar-refractivity contribution in [3.8, 4) is 5.75 Å². The fourth-order valence-electron chi connectivity index (χ4n) is 4.42. The summed E-state index contributed by atoms with van der Waals surface area (Å²) in [4.78, 5) is 1.95. The maximum Gasteiger partial charge on any atom is 0.278 e. The van der Waals surface area contributed by atoms with Crippen LogP contribution in [0.15, 0.2) is 42.5 Å². The number of nitrogens with zero attached hydrogens (tertiary/aromatic N) is 2. The summed E-state index contributed by atoms with van der Waals surface area (Å²) in [7, 11) is 1.51. The Bertz CT molecular complexity index is 894. The second-order valence-electron chi connectivity index (χ2n) is 7.67. The van der Waals surface area contributed by atoms with Crippen molar-refractivity contribution in [2.75, 3.05) is 25.1 Å². The van der Waals surface area contributed by atoms with Gasteiger partial charge in [0.15, 0.2) is 6.54 Å². The number of rotatable bonds is 4. The monoisotopic (exact) mass is 383 g/mol. The number of aryl methyl sites for hydroxylation is 1. The number of hydrogen-bond donors (Lipinski definition) is 1. The average Bonchev–Trinajstić information content (AvgIpc) is 2.84. The van der Waals surface area contributed by atoms with Crippen LogP contribution in [-0.4, -0.2) is 35.7 Å². The van der Waals surface area contributed by atoms with Gasteiger partial charge in [-0.15, -0.1) is 0 Å². The summed E-state index contributed by atoms with van der Waals surface area (Å²) in [5.41, 5.74) is 0.976. The van der Waals surface area contributed by atoms with Gasteiger partial charge in [0.2, 0.25) is 0 Å². The number of methoxy groups -OCH3 is 1. The van der Waals surface area contributed by atoms with Crippen molar-refractivity contribution in [2.45, 2.75) is 44.8 Å². The Hall–Kier alpha value is -2.40. The van der Waals surface area contributed by atoms with Crippen LogP contribution in [-0.2, 0) is 12.1 Å². The van der Waals surface area contributed by atoms with Gasteiger partial charge >= 0.3 is 0 Å². The van der Waals surface area contributed by atoms with Crippen molar-refractivity contribution in [1.29, 1.82) is 0 Å². The molecule has 1 N–H and O–H groups in total. The number of amidine groups is 1. The lowest BCUT2D eigenvalue weighted by Crippen LogP contribution is -2.48. The van der Waals surface area contributed by atoms with Gasteiger partial charge in [-0.2, -0.15) is 4.90 Å². The van der Waals surface area contributed by atoms with Crippen molar-refractivity contribution in [3.05, 3.63) is 59.4 Å². The van der Waals surface area contributed by atoms with Crippen LogP contribution in [0.2, 0.25) is 0 Å². The molecule has 0 aromatic heterocycles. The molecule has 2 heterocycles. The quantitative estimate of drug-likeness (QED) is 0.809. The van der Waals surface area contributed by atoms with E-state index in [2.05, 4.69) is 23.6 Å². The Balaban J connectivity index is 1.83. The molecule has 0 radical (unpaired) electrons. The second kappa shape index (κ2) is 7.55. The molecule has 148 valence electrons. The topological polar surface area (TPSA) is 35.7 Å². The van der Waals surface area contributed by atoms with Crippen LogP contribution in [0, 0.1) is 5.82 Å². The zero-order valence-corrected chi connectivity index (χ0v) is 16.6. The molecule has 0 amide bonds. The highest BCUT2D eigenvalue weighted by Crippen LogP contribution is 2.39. The van der Waals surface area contributed by atoms with Gasteiger partial charge in [-0.25, -0.2) is 4.39 Å². The summed E-state index contributed by atoms with van der Waals surface area (Å²) in [6.07, 6.45) is 5.19. The van der Waals surface area contributed by atoms with E-state index in [-0.39, 0.29) is 5.56 Å². The van der Waals surface area contributed by atoms with Crippen molar-refractivity contribution < 1.29 is 18.8 Å². The molecule has 4 rings (SSSR count). The van der Waals surface area contributed by atoms with Crippen molar-refractivity contribution in [2.24, 2.45) is 0 Å². The lowest BCUT2D eigenvalue weighted by Gasteiger charge is -2.29. The Kier molecular flexibility index (Phi) is 5.11. The minimum atomic E-state index is -1.45. The maximum absolute atomic E-state index is 15.0. The minimum absolute atomic E-state index is 0.286. The number of anilines is 1. The van der Waals surface area contributed by atoms with E-state index in [9.17, 15) is 5.11 Å². The van der Waals surface area contributed by atoms with Gasteiger partial charge in [0.1, 0.15) is 17.3 Å². The van der Waals surface area contributed by atoms with Gasteiger partial charge in [-0.05, 0) is 55.5 Å². The predicted molar refractivity (Wildman–Crippen MR) is 109 cm³/mol. The first kappa shape index (κ1) is 18.9. The van der Waals surface area contributed by atoms with E-state index in [1.54, 1.807) is 12.1 Å². The molecule has 0 bridgehead atoms. The molecule has 0 aliphatic carbocycles. The maximum atomic E-state index is 15.0. The molecule has 0 saturated heterocycles. The molecule has 1 atom stereocenters. The fraction of sp³-hybridized carbons (Fsp3) is 0.435. The molecule has 0 fully saturated rings.